The van der Waals surface area contributed by atoms with Gasteiger partial charge in [-0.25, -0.2) is 0 Å². The Morgan fingerprint density at radius 2 is 1.90 bits per heavy atom. The van der Waals surface area contributed by atoms with Crippen molar-refractivity contribution in [2.45, 2.75) is 52.2 Å². The van der Waals surface area contributed by atoms with Gasteiger partial charge in [-0.05, 0) is 25.8 Å². The van der Waals surface area contributed by atoms with Crippen molar-refractivity contribution in [2.24, 2.45) is 0 Å². The van der Waals surface area contributed by atoms with Crippen molar-refractivity contribution in [3.8, 4) is 0 Å². The highest BCUT2D eigenvalue weighted by molar-refractivity contribution is 5.15. The van der Waals surface area contributed by atoms with Crippen LogP contribution >= 0.6 is 0 Å². The van der Waals surface area contributed by atoms with E-state index >= 15 is 0 Å². The summed E-state index contributed by atoms with van der Waals surface area (Å²) >= 11 is 0. The molecule has 1 aromatic carbocycles. The third kappa shape index (κ3) is 4.49. The zero-order valence-electron chi connectivity index (χ0n) is 12.8. The molecule has 1 aromatic heterocycles. The maximum atomic E-state index is 4.43. The molecule has 0 aliphatic heterocycles. The van der Waals surface area contributed by atoms with E-state index in [2.05, 4.69) is 61.6 Å². The Bertz CT molecular complexity index is 514. The zero-order chi connectivity index (χ0) is 14.4. The van der Waals surface area contributed by atoms with E-state index in [1.807, 2.05) is 16.9 Å². The summed E-state index contributed by atoms with van der Waals surface area (Å²) in [6.07, 6.45) is 6.47. The molecule has 108 valence electrons. The number of hydrogen-bond acceptors (Lipinski definition) is 2. The molecule has 20 heavy (non-hydrogen) atoms. The van der Waals surface area contributed by atoms with E-state index in [0.717, 1.165) is 13.1 Å². The first-order chi connectivity index (χ1) is 9.59. The largest absolute Gasteiger partial charge is 0.308 e. The van der Waals surface area contributed by atoms with Crippen LogP contribution in [0.1, 0.15) is 44.7 Å². The Morgan fingerprint density at radius 3 is 2.60 bits per heavy atom. The molecule has 0 saturated carbocycles. The average molecular weight is 271 g/mol. The van der Waals surface area contributed by atoms with Crippen LogP contribution in [0.15, 0.2) is 42.7 Å². The third-order valence-corrected chi connectivity index (χ3v) is 3.52. The number of nitrogens with one attached hydrogen (secondary N) is 1. The molecular weight excluding hydrogens is 246 g/mol. The summed E-state index contributed by atoms with van der Waals surface area (Å²) in [5.74, 6) is 0. The van der Waals surface area contributed by atoms with Crippen LogP contribution in [-0.2, 0) is 13.1 Å². The first kappa shape index (κ1) is 14.8. The van der Waals surface area contributed by atoms with Gasteiger partial charge in [-0.2, -0.15) is 5.10 Å². The molecule has 0 radical (unpaired) electrons. The minimum Gasteiger partial charge on any atom is -0.308 e. The number of hydrogen-bond donors (Lipinski definition) is 1. The molecule has 3 heteroatoms. The van der Waals surface area contributed by atoms with Crippen LogP contribution in [0.3, 0.4) is 0 Å². The van der Waals surface area contributed by atoms with E-state index in [9.17, 15) is 0 Å². The second-order valence-electron chi connectivity index (χ2n) is 6.02. The Balaban J connectivity index is 1.89. The summed E-state index contributed by atoms with van der Waals surface area (Å²) in [5, 5.41) is 8.03. The van der Waals surface area contributed by atoms with Crippen LogP contribution in [0, 0.1) is 0 Å². The van der Waals surface area contributed by atoms with Gasteiger partial charge in [0, 0.05) is 23.8 Å². The lowest BCUT2D eigenvalue weighted by Crippen LogP contribution is -2.38. The monoisotopic (exact) mass is 271 g/mol. The smallest absolute Gasteiger partial charge is 0.0659 e. The SMILES string of the molecule is CCCC(C)(C)NCc1cnn(Cc2ccccc2)c1. The molecular formula is C17H25N3. The molecule has 2 aromatic rings. The highest BCUT2D eigenvalue weighted by Gasteiger charge is 2.15. The van der Waals surface area contributed by atoms with Gasteiger partial charge >= 0.3 is 0 Å². The van der Waals surface area contributed by atoms with Crippen molar-refractivity contribution in [2.75, 3.05) is 0 Å². The highest BCUT2D eigenvalue weighted by Crippen LogP contribution is 2.12. The van der Waals surface area contributed by atoms with Crippen LogP contribution < -0.4 is 5.32 Å². The molecule has 0 fully saturated rings. The van der Waals surface area contributed by atoms with Gasteiger partial charge in [0.05, 0.1) is 12.7 Å². The maximum absolute atomic E-state index is 4.43. The maximum Gasteiger partial charge on any atom is 0.0659 e. The van der Waals surface area contributed by atoms with Gasteiger partial charge in [0.15, 0.2) is 0 Å². The molecule has 0 saturated heterocycles. The molecule has 0 amide bonds. The lowest BCUT2D eigenvalue weighted by molar-refractivity contribution is 0.357. The van der Waals surface area contributed by atoms with Crippen molar-refractivity contribution in [3.63, 3.8) is 0 Å². The van der Waals surface area contributed by atoms with Crippen LogP contribution in [0.5, 0.6) is 0 Å². The minimum atomic E-state index is 0.191. The molecule has 1 heterocycles. The molecule has 0 spiro atoms. The molecule has 0 atom stereocenters. The highest BCUT2D eigenvalue weighted by atomic mass is 15.3. The Hall–Kier alpha value is -1.61. The lowest BCUT2D eigenvalue weighted by atomic mass is 9.99. The van der Waals surface area contributed by atoms with Gasteiger partial charge in [-0.3, -0.25) is 4.68 Å². The number of rotatable bonds is 7. The summed E-state index contributed by atoms with van der Waals surface area (Å²) in [7, 11) is 0. The van der Waals surface area contributed by atoms with Crippen molar-refractivity contribution in [1.29, 1.82) is 0 Å². The van der Waals surface area contributed by atoms with Crippen LogP contribution in [0.25, 0.3) is 0 Å². The summed E-state index contributed by atoms with van der Waals surface area (Å²) in [6, 6.07) is 10.4. The Labute approximate surface area is 122 Å². The second kappa shape index (κ2) is 6.71. The van der Waals surface area contributed by atoms with Gasteiger partial charge in [-0.15, -0.1) is 0 Å². The fraction of sp³-hybridized carbons (Fsp3) is 0.471. The first-order valence-electron chi connectivity index (χ1n) is 7.39. The van der Waals surface area contributed by atoms with E-state index in [0.29, 0.717) is 0 Å². The van der Waals surface area contributed by atoms with Crippen molar-refractivity contribution in [3.05, 3.63) is 53.9 Å². The standard InChI is InChI=1S/C17H25N3/c1-4-10-17(2,3)18-11-16-12-19-20(14-16)13-15-8-6-5-7-9-15/h5-9,12,14,18H,4,10-11,13H2,1-3H3. The van der Waals surface area contributed by atoms with Gasteiger partial charge in [-0.1, -0.05) is 43.7 Å². The molecule has 0 unspecified atom stereocenters. The van der Waals surface area contributed by atoms with Crippen molar-refractivity contribution >= 4 is 0 Å². The Kier molecular flexibility index (Phi) is 4.96. The second-order valence-corrected chi connectivity index (χ2v) is 6.02. The molecule has 1 N–H and O–H groups in total. The van der Waals surface area contributed by atoms with Gasteiger partial charge < -0.3 is 5.32 Å². The predicted molar refractivity (Wildman–Crippen MR) is 83.6 cm³/mol. The van der Waals surface area contributed by atoms with Crippen LogP contribution in [0.2, 0.25) is 0 Å². The number of aromatic nitrogens is 2. The topological polar surface area (TPSA) is 29.9 Å². The number of nitrogens with zero attached hydrogens (tertiary/aromatic N) is 2. The van der Waals surface area contributed by atoms with Crippen molar-refractivity contribution < 1.29 is 0 Å². The van der Waals surface area contributed by atoms with Gasteiger partial charge in [0.25, 0.3) is 0 Å². The normalized spacial score (nSPS) is 11.8. The van der Waals surface area contributed by atoms with Gasteiger partial charge in [0.1, 0.15) is 0 Å². The predicted octanol–water partition coefficient (Wildman–Crippen LogP) is 3.60. The molecule has 0 aliphatic carbocycles. The van der Waals surface area contributed by atoms with E-state index in [-0.39, 0.29) is 5.54 Å². The summed E-state index contributed by atoms with van der Waals surface area (Å²) < 4.78 is 2.00. The zero-order valence-corrected chi connectivity index (χ0v) is 12.8. The first-order valence-corrected chi connectivity index (χ1v) is 7.39. The fourth-order valence-electron chi connectivity index (χ4n) is 2.41. The Morgan fingerprint density at radius 1 is 1.15 bits per heavy atom. The minimum absolute atomic E-state index is 0.191. The fourth-order valence-corrected chi connectivity index (χ4v) is 2.41. The number of benzene rings is 1. The van der Waals surface area contributed by atoms with E-state index < -0.39 is 0 Å². The molecule has 0 aliphatic rings. The molecule has 3 nitrogen and oxygen atoms in total. The molecule has 2 rings (SSSR count). The average Bonchev–Trinajstić information content (AvgIpc) is 2.85. The summed E-state index contributed by atoms with van der Waals surface area (Å²) in [5.41, 5.74) is 2.71. The lowest BCUT2D eigenvalue weighted by Gasteiger charge is -2.25. The summed E-state index contributed by atoms with van der Waals surface area (Å²) in [6.45, 7) is 8.44. The van der Waals surface area contributed by atoms with Crippen LogP contribution in [-0.4, -0.2) is 15.3 Å². The van der Waals surface area contributed by atoms with Crippen molar-refractivity contribution in [1.82, 2.24) is 15.1 Å². The quantitative estimate of drug-likeness (QED) is 0.834. The van der Waals surface area contributed by atoms with E-state index in [4.69, 9.17) is 0 Å². The molecule has 0 bridgehead atoms. The van der Waals surface area contributed by atoms with E-state index in [1.165, 1.54) is 24.0 Å². The van der Waals surface area contributed by atoms with Gasteiger partial charge in [0.2, 0.25) is 0 Å². The van der Waals surface area contributed by atoms with Crippen LogP contribution in [0.4, 0.5) is 0 Å². The third-order valence-electron chi connectivity index (χ3n) is 3.52. The summed E-state index contributed by atoms with van der Waals surface area (Å²) in [4.78, 5) is 0. The van der Waals surface area contributed by atoms with E-state index in [1.54, 1.807) is 0 Å².